The van der Waals surface area contributed by atoms with Crippen LogP contribution in [-0.2, 0) is 23.0 Å². The van der Waals surface area contributed by atoms with Gasteiger partial charge in [0.1, 0.15) is 4.21 Å². The first-order valence-electron chi connectivity index (χ1n) is 8.75. The van der Waals surface area contributed by atoms with E-state index in [0.29, 0.717) is 16.7 Å². The third kappa shape index (κ3) is 6.05. The number of rotatable bonds is 7. The predicted molar refractivity (Wildman–Crippen MR) is 113 cm³/mol. The van der Waals surface area contributed by atoms with Crippen molar-refractivity contribution in [3.63, 3.8) is 0 Å². The Morgan fingerprint density at radius 2 is 1.78 bits per heavy atom. The van der Waals surface area contributed by atoms with E-state index in [-0.39, 0.29) is 0 Å². The summed E-state index contributed by atoms with van der Waals surface area (Å²) in [5.41, 5.74) is 3.84. The Morgan fingerprint density at radius 3 is 2.37 bits per heavy atom. The Hall–Kier alpha value is -1.90. The normalized spacial score (nSPS) is 12.4. The number of aryl methyl sites for hydroxylation is 2. The van der Waals surface area contributed by atoms with Crippen LogP contribution in [0.1, 0.15) is 21.6 Å². The van der Waals surface area contributed by atoms with Gasteiger partial charge in [0.2, 0.25) is 0 Å². The van der Waals surface area contributed by atoms with E-state index in [9.17, 15) is 8.42 Å². The summed E-state index contributed by atoms with van der Waals surface area (Å²) in [5, 5.41) is 6.53. The fourth-order valence-corrected chi connectivity index (χ4v) is 5.17. The predicted octanol–water partition coefficient (Wildman–Crippen LogP) is 2.52. The number of guanidine groups is 1. The lowest BCUT2D eigenvalue weighted by atomic mass is 10.1. The van der Waals surface area contributed by atoms with Crippen LogP contribution in [0.3, 0.4) is 0 Å². The van der Waals surface area contributed by atoms with Crippen LogP contribution < -0.4 is 10.6 Å². The Balaban J connectivity index is 1.86. The zero-order valence-electron chi connectivity index (χ0n) is 16.5. The van der Waals surface area contributed by atoms with Gasteiger partial charge < -0.3 is 10.6 Å². The van der Waals surface area contributed by atoms with Crippen LogP contribution in [0.5, 0.6) is 0 Å². The van der Waals surface area contributed by atoms with Gasteiger partial charge in [-0.3, -0.25) is 4.99 Å². The van der Waals surface area contributed by atoms with E-state index in [2.05, 4.69) is 47.7 Å². The molecule has 1 aromatic heterocycles. The molecule has 0 amide bonds. The van der Waals surface area contributed by atoms with Gasteiger partial charge in [0.25, 0.3) is 10.0 Å². The van der Waals surface area contributed by atoms with Gasteiger partial charge in [0, 0.05) is 32.6 Å². The van der Waals surface area contributed by atoms with Gasteiger partial charge in [-0.05, 0) is 38.0 Å². The van der Waals surface area contributed by atoms with Gasteiger partial charge in [-0.1, -0.05) is 29.3 Å². The van der Waals surface area contributed by atoms with Gasteiger partial charge in [0.15, 0.2) is 5.96 Å². The van der Waals surface area contributed by atoms with Crippen molar-refractivity contribution < 1.29 is 8.42 Å². The van der Waals surface area contributed by atoms with Crippen molar-refractivity contribution in [1.29, 1.82) is 0 Å². The zero-order chi connectivity index (χ0) is 20.0. The molecule has 0 atom stereocenters. The molecule has 148 valence electrons. The van der Waals surface area contributed by atoms with Gasteiger partial charge in [-0.25, -0.2) is 12.7 Å². The number of sulfonamides is 1. The summed E-state index contributed by atoms with van der Waals surface area (Å²) in [6.07, 6.45) is 0.910. The van der Waals surface area contributed by atoms with Crippen LogP contribution in [0.4, 0.5) is 0 Å². The number of thiophene rings is 1. The molecular weight excluding hydrogens is 380 g/mol. The maximum absolute atomic E-state index is 12.1. The van der Waals surface area contributed by atoms with E-state index in [1.54, 1.807) is 13.1 Å². The molecule has 1 heterocycles. The van der Waals surface area contributed by atoms with Crippen molar-refractivity contribution in [2.75, 3.05) is 27.7 Å². The quantitative estimate of drug-likeness (QED) is 0.545. The second-order valence-corrected chi connectivity index (χ2v) is 10.2. The molecule has 0 fully saturated rings. The van der Waals surface area contributed by atoms with E-state index >= 15 is 0 Å². The number of benzene rings is 1. The fourth-order valence-electron chi connectivity index (χ4n) is 2.70. The molecule has 1 aromatic carbocycles. The molecule has 8 heteroatoms. The minimum absolute atomic E-state index is 0.349. The number of nitrogens with one attached hydrogen (secondary N) is 2. The van der Waals surface area contributed by atoms with Crippen LogP contribution in [0.15, 0.2) is 39.5 Å². The molecule has 0 aliphatic heterocycles. The summed E-state index contributed by atoms with van der Waals surface area (Å²) in [4.78, 5) is 5.16. The van der Waals surface area contributed by atoms with Crippen molar-refractivity contribution in [3.8, 4) is 0 Å². The molecular formula is C19H28N4O2S2. The van der Waals surface area contributed by atoms with Crippen molar-refractivity contribution in [3.05, 3.63) is 51.9 Å². The number of hydrogen-bond acceptors (Lipinski definition) is 4. The smallest absolute Gasteiger partial charge is 0.252 e. The van der Waals surface area contributed by atoms with Gasteiger partial charge in [0.05, 0.1) is 6.54 Å². The molecule has 6 nitrogen and oxygen atoms in total. The van der Waals surface area contributed by atoms with Crippen molar-refractivity contribution in [1.82, 2.24) is 14.9 Å². The van der Waals surface area contributed by atoms with Gasteiger partial charge in [-0.2, -0.15) is 0 Å². The van der Waals surface area contributed by atoms with Crippen molar-refractivity contribution >= 4 is 27.3 Å². The average molecular weight is 409 g/mol. The minimum atomic E-state index is -3.37. The molecule has 0 radical (unpaired) electrons. The van der Waals surface area contributed by atoms with Gasteiger partial charge in [-0.15, -0.1) is 11.3 Å². The highest BCUT2D eigenvalue weighted by molar-refractivity contribution is 7.91. The number of hydrogen-bond donors (Lipinski definition) is 2. The van der Waals surface area contributed by atoms with Crippen molar-refractivity contribution in [2.45, 2.75) is 31.0 Å². The van der Waals surface area contributed by atoms with Crippen LogP contribution >= 0.6 is 11.3 Å². The highest BCUT2D eigenvalue weighted by Crippen LogP contribution is 2.23. The molecule has 0 saturated carbocycles. The van der Waals surface area contributed by atoms with E-state index in [1.165, 1.54) is 46.4 Å². The third-order valence-corrected chi connectivity index (χ3v) is 7.38. The van der Waals surface area contributed by atoms with E-state index < -0.39 is 10.0 Å². The summed E-state index contributed by atoms with van der Waals surface area (Å²) >= 11 is 1.27. The summed E-state index contributed by atoms with van der Waals surface area (Å²) in [7, 11) is 1.42. The summed E-state index contributed by atoms with van der Waals surface area (Å²) < 4.78 is 25.9. The zero-order valence-corrected chi connectivity index (χ0v) is 18.2. The largest absolute Gasteiger partial charge is 0.356 e. The molecule has 2 aromatic rings. The summed E-state index contributed by atoms with van der Waals surface area (Å²) in [6.45, 7) is 5.51. The molecule has 0 bridgehead atoms. The highest BCUT2D eigenvalue weighted by Gasteiger charge is 2.19. The summed E-state index contributed by atoms with van der Waals surface area (Å²) in [6, 6.07) is 10.0. The monoisotopic (exact) mass is 408 g/mol. The molecule has 0 aliphatic rings. The highest BCUT2D eigenvalue weighted by atomic mass is 32.2. The molecule has 0 spiro atoms. The molecule has 27 heavy (non-hydrogen) atoms. The van der Waals surface area contributed by atoms with Crippen LogP contribution in [0, 0.1) is 13.8 Å². The van der Waals surface area contributed by atoms with E-state index in [4.69, 9.17) is 0 Å². The van der Waals surface area contributed by atoms with Crippen LogP contribution in [0.2, 0.25) is 0 Å². The first-order valence-corrected chi connectivity index (χ1v) is 11.0. The van der Waals surface area contributed by atoms with Crippen LogP contribution in [0.25, 0.3) is 0 Å². The standard InChI is InChI=1S/C19H28N4O2S2/c1-14-10-15(2)12-16(11-14)8-9-21-19(20-3)22-13-17-6-7-18(26-17)27(24,25)23(4)5/h6-7,10-12H,8-9,13H2,1-5H3,(H2,20,21,22). The van der Waals surface area contributed by atoms with E-state index in [1.807, 2.05) is 6.07 Å². The van der Waals surface area contributed by atoms with Crippen molar-refractivity contribution in [2.24, 2.45) is 4.99 Å². The number of aliphatic imine (C=N–C) groups is 1. The first-order chi connectivity index (χ1) is 12.7. The first kappa shape index (κ1) is 21.4. The number of nitrogens with zero attached hydrogens (tertiary/aromatic N) is 2. The maximum Gasteiger partial charge on any atom is 0.252 e. The Morgan fingerprint density at radius 1 is 1.11 bits per heavy atom. The minimum Gasteiger partial charge on any atom is -0.356 e. The molecule has 2 N–H and O–H groups in total. The Labute approximate surface area is 166 Å². The molecule has 0 unspecified atom stereocenters. The topological polar surface area (TPSA) is 73.8 Å². The molecule has 2 rings (SSSR count). The fraction of sp³-hybridized carbons (Fsp3) is 0.421. The molecule has 0 aliphatic carbocycles. The second kappa shape index (κ2) is 9.34. The lowest BCUT2D eigenvalue weighted by Crippen LogP contribution is -2.37. The Bertz CT molecular complexity index is 882. The maximum atomic E-state index is 12.1. The lowest BCUT2D eigenvalue weighted by molar-refractivity contribution is 0.523. The van der Waals surface area contributed by atoms with E-state index in [0.717, 1.165) is 17.8 Å². The second-order valence-electron chi connectivity index (χ2n) is 6.61. The van der Waals surface area contributed by atoms with Crippen LogP contribution in [-0.4, -0.2) is 46.4 Å². The Kier molecular flexibility index (Phi) is 7.41. The average Bonchev–Trinajstić information content (AvgIpc) is 3.06. The molecule has 0 saturated heterocycles. The lowest BCUT2D eigenvalue weighted by Gasteiger charge is -2.12. The third-order valence-electron chi connectivity index (χ3n) is 4.01. The summed E-state index contributed by atoms with van der Waals surface area (Å²) in [5.74, 6) is 0.699. The van der Waals surface area contributed by atoms with Gasteiger partial charge >= 0.3 is 0 Å². The SMILES string of the molecule is CN=C(NCCc1cc(C)cc(C)c1)NCc1ccc(S(=O)(=O)N(C)C)s1.